The Bertz CT molecular complexity index is 819. The van der Waals surface area contributed by atoms with Crippen molar-refractivity contribution in [1.82, 2.24) is 16.0 Å². The molecule has 0 radical (unpaired) electrons. The molecule has 0 aromatic heterocycles. The van der Waals surface area contributed by atoms with Crippen molar-refractivity contribution < 1.29 is 43.8 Å². The highest BCUT2D eigenvalue weighted by Crippen LogP contribution is 2.10. The Kier molecular flexibility index (Phi) is 13.6. The van der Waals surface area contributed by atoms with Crippen molar-refractivity contribution in [3.8, 4) is 0 Å². The van der Waals surface area contributed by atoms with E-state index in [4.69, 9.17) is 22.3 Å². The van der Waals surface area contributed by atoms with Crippen molar-refractivity contribution in [2.75, 3.05) is 0 Å². The zero-order valence-corrected chi connectivity index (χ0v) is 19.6. The summed E-state index contributed by atoms with van der Waals surface area (Å²) in [6.07, 6.45) is -1.44. The number of amides is 5. The van der Waals surface area contributed by atoms with Crippen LogP contribution in [0.5, 0.6) is 0 Å². The second kappa shape index (κ2) is 15.2. The van der Waals surface area contributed by atoms with Gasteiger partial charge in [0.1, 0.15) is 18.1 Å². The number of hydrogen-bond acceptors (Lipinski definition) is 8. The molecule has 5 unspecified atom stereocenters. The molecule has 0 rings (SSSR count). The monoisotopic (exact) mass is 502 g/mol. The molecular formula is C20H34N6O9. The minimum absolute atomic E-state index is 0.209. The Morgan fingerprint density at radius 2 is 1.34 bits per heavy atom. The molecule has 0 saturated carbocycles. The molecule has 15 heteroatoms. The smallest absolute Gasteiger partial charge is 0.326 e. The summed E-state index contributed by atoms with van der Waals surface area (Å²) in [5.74, 6) is -7.55. The number of nitrogens with two attached hydrogens (primary N) is 3. The lowest BCUT2D eigenvalue weighted by Crippen LogP contribution is -2.59. The van der Waals surface area contributed by atoms with Gasteiger partial charge in [-0.15, -0.1) is 0 Å². The van der Waals surface area contributed by atoms with E-state index < -0.39 is 78.0 Å². The Morgan fingerprint density at radius 3 is 1.80 bits per heavy atom. The van der Waals surface area contributed by atoms with Gasteiger partial charge in [-0.1, -0.05) is 20.3 Å². The molecule has 0 aromatic rings. The molecule has 0 aliphatic rings. The fourth-order valence-electron chi connectivity index (χ4n) is 2.86. The van der Waals surface area contributed by atoms with E-state index >= 15 is 0 Å². The topological polar surface area (TPSA) is 274 Å². The van der Waals surface area contributed by atoms with E-state index in [1.807, 2.05) is 0 Å². The summed E-state index contributed by atoms with van der Waals surface area (Å²) in [6.45, 7) is 3.32. The number of aliphatic carboxylic acids is 2. The first-order valence-electron chi connectivity index (χ1n) is 10.9. The molecule has 15 nitrogen and oxygen atoms in total. The number of carbonyl (C=O) groups is 7. The summed E-state index contributed by atoms with van der Waals surface area (Å²) in [5.41, 5.74) is 15.8. The minimum Gasteiger partial charge on any atom is -0.481 e. The third-order valence-corrected chi connectivity index (χ3v) is 5.13. The molecule has 5 amide bonds. The third kappa shape index (κ3) is 12.3. The first kappa shape index (κ1) is 31.2. The molecule has 5 atom stereocenters. The zero-order valence-electron chi connectivity index (χ0n) is 19.6. The van der Waals surface area contributed by atoms with Gasteiger partial charge in [0.05, 0.1) is 12.5 Å². The number of rotatable bonds is 17. The lowest BCUT2D eigenvalue weighted by molar-refractivity contribution is -0.144. The Hall–Kier alpha value is -3.75. The fraction of sp³-hybridized carbons (Fsp3) is 0.650. The summed E-state index contributed by atoms with van der Waals surface area (Å²) < 4.78 is 0. The van der Waals surface area contributed by atoms with Crippen LogP contribution in [0, 0.1) is 5.92 Å². The van der Waals surface area contributed by atoms with E-state index in [0.717, 1.165) is 0 Å². The van der Waals surface area contributed by atoms with E-state index in [1.54, 1.807) is 13.8 Å². The highest BCUT2D eigenvalue weighted by molar-refractivity contribution is 5.95. The summed E-state index contributed by atoms with van der Waals surface area (Å²) in [5, 5.41) is 24.8. The lowest BCUT2D eigenvalue weighted by Gasteiger charge is -2.28. The molecule has 0 saturated heterocycles. The van der Waals surface area contributed by atoms with Crippen LogP contribution in [-0.2, 0) is 33.6 Å². The van der Waals surface area contributed by atoms with Crippen LogP contribution in [0.3, 0.4) is 0 Å². The number of carboxylic acids is 2. The number of hydrogen-bond donors (Lipinski definition) is 8. The molecule has 0 spiro atoms. The molecule has 0 aromatic carbocycles. The van der Waals surface area contributed by atoms with Crippen molar-refractivity contribution in [2.24, 2.45) is 23.1 Å². The molecule has 198 valence electrons. The largest absolute Gasteiger partial charge is 0.481 e. The maximum absolute atomic E-state index is 12.9. The van der Waals surface area contributed by atoms with E-state index in [-0.39, 0.29) is 25.7 Å². The number of nitrogens with one attached hydrogen (secondary N) is 3. The predicted octanol–water partition coefficient (Wildman–Crippen LogP) is -3.10. The van der Waals surface area contributed by atoms with Gasteiger partial charge in [-0.2, -0.15) is 0 Å². The molecule has 0 aliphatic carbocycles. The molecule has 35 heavy (non-hydrogen) atoms. The second-order valence-corrected chi connectivity index (χ2v) is 8.05. The quantitative estimate of drug-likeness (QED) is 0.0991. The average molecular weight is 503 g/mol. The Balaban J connectivity index is 5.62. The van der Waals surface area contributed by atoms with E-state index in [2.05, 4.69) is 16.0 Å². The van der Waals surface area contributed by atoms with Crippen LogP contribution >= 0.6 is 0 Å². The van der Waals surface area contributed by atoms with Crippen molar-refractivity contribution in [3.63, 3.8) is 0 Å². The van der Waals surface area contributed by atoms with Crippen LogP contribution in [0.1, 0.15) is 52.4 Å². The Labute approximate surface area is 201 Å². The van der Waals surface area contributed by atoms with Crippen LogP contribution in [-0.4, -0.2) is 75.9 Å². The summed E-state index contributed by atoms with van der Waals surface area (Å²) >= 11 is 0. The van der Waals surface area contributed by atoms with Crippen molar-refractivity contribution in [1.29, 1.82) is 0 Å². The first-order valence-corrected chi connectivity index (χ1v) is 10.9. The number of primary amides is 2. The van der Waals surface area contributed by atoms with E-state index in [9.17, 15) is 38.7 Å². The van der Waals surface area contributed by atoms with Crippen LogP contribution < -0.4 is 33.2 Å². The van der Waals surface area contributed by atoms with Gasteiger partial charge in [0, 0.05) is 12.8 Å². The zero-order chi connectivity index (χ0) is 27.3. The van der Waals surface area contributed by atoms with E-state index in [0.29, 0.717) is 6.42 Å². The molecule has 11 N–H and O–H groups in total. The van der Waals surface area contributed by atoms with Gasteiger partial charge >= 0.3 is 11.9 Å². The van der Waals surface area contributed by atoms with Gasteiger partial charge in [0.2, 0.25) is 29.5 Å². The van der Waals surface area contributed by atoms with Gasteiger partial charge < -0.3 is 43.4 Å². The molecule has 0 fully saturated rings. The van der Waals surface area contributed by atoms with Gasteiger partial charge in [-0.05, 0) is 18.8 Å². The van der Waals surface area contributed by atoms with E-state index in [1.165, 1.54) is 0 Å². The van der Waals surface area contributed by atoms with Crippen LogP contribution in [0.15, 0.2) is 0 Å². The summed E-state index contributed by atoms with van der Waals surface area (Å²) in [7, 11) is 0. The SMILES string of the molecule is CCC(C)C(NC(=O)C(CCC(N)=O)NC(=O)C(N)CCC(=O)O)C(=O)NC(CC(N)=O)C(=O)O. The average Bonchev–Trinajstić information content (AvgIpc) is 2.76. The summed E-state index contributed by atoms with van der Waals surface area (Å²) in [4.78, 5) is 82.4. The second-order valence-electron chi connectivity index (χ2n) is 8.05. The van der Waals surface area contributed by atoms with Gasteiger partial charge in [0.15, 0.2) is 0 Å². The first-order chi connectivity index (χ1) is 16.2. The lowest BCUT2D eigenvalue weighted by atomic mass is 9.97. The molecule has 0 heterocycles. The van der Waals surface area contributed by atoms with Gasteiger partial charge in [-0.25, -0.2) is 4.79 Å². The predicted molar refractivity (Wildman–Crippen MR) is 120 cm³/mol. The Morgan fingerprint density at radius 1 is 0.771 bits per heavy atom. The van der Waals surface area contributed by atoms with Gasteiger partial charge in [0.25, 0.3) is 0 Å². The molecule has 0 aliphatic heterocycles. The van der Waals surface area contributed by atoms with Crippen LogP contribution in [0.4, 0.5) is 0 Å². The standard InChI is InChI=1S/C20H34N6O9/c1-3-9(2)16(19(33)25-12(20(34)35)8-14(23)28)26-18(32)11(5-6-13(22)27)24-17(31)10(21)4-7-15(29)30/h9-12,16H,3-8,21H2,1-2H3,(H2,22,27)(H2,23,28)(H,24,31)(H,25,33)(H,26,32)(H,29,30)(H,34,35). The van der Waals surface area contributed by atoms with Crippen LogP contribution in [0.25, 0.3) is 0 Å². The normalized spacial score (nSPS) is 14.9. The maximum Gasteiger partial charge on any atom is 0.326 e. The summed E-state index contributed by atoms with van der Waals surface area (Å²) in [6, 6.07) is -5.50. The number of carbonyl (C=O) groups excluding carboxylic acids is 5. The highest BCUT2D eigenvalue weighted by atomic mass is 16.4. The molecular weight excluding hydrogens is 468 g/mol. The number of carboxylic acid groups (broad SMARTS) is 2. The van der Waals surface area contributed by atoms with Gasteiger partial charge in [-0.3, -0.25) is 28.8 Å². The maximum atomic E-state index is 12.9. The van der Waals surface area contributed by atoms with Crippen molar-refractivity contribution in [2.45, 2.75) is 76.5 Å². The van der Waals surface area contributed by atoms with Crippen molar-refractivity contribution >= 4 is 41.5 Å². The van der Waals surface area contributed by atoms with Crippen molar-refractivity contribution in [3.05, 3.63) is 0 Å². The third-order valence-electron chi connectivity index (χ3n) is 5.13. The minimum atomic E-state index is -1.62. The molecule has 0 bridgehead atoms. The highest BCUT2D eigenvalue weighted by Gasteiger charge is 2.33. The fourth-order valence-corrected chi connectivity index (χ4v) is 2.86. The van der Waals surface area contributed by atoms with Crippen LogP contribution in [0.2, 0.25) is 0 Å².